The molecule has 0 bridgehead atoms. The van der Waals surface area contributed by atoms with Crippen molar-refractivity contribution in [3.05, 3.63) is 64.9 Å². The molecule has 2 rings (SSSR count). The van der Waals surface area contributed by atoms with Crippen LogP contribution in [0.2, 0.25) is 5.02 Å². The van der Waals surface area contributed by atoms with Crippen LogP contribution in [0.25, 0.3) is 0 Å². The standard InChI is InChI=1S/C22H27ClFN3O4S/c1-16(22(29)25-2)26(15-17-9-11-19(24)12-10-17)21(28)8-5-13-27(32(3,30)31)20-7-4-6-18(23)14-20/h4,6-7,9-12,14,16H,5,8,13,15H2,1-3H3,(H,25,29). The number of amides is 2. The second kappa shape index (κ2) is 11.3. The van der Waals surface area contributed by atoms with Crippen LogP contribution in [-0.2, 0) is 26.2 Å². The van der Waals surface area contributed by atoms with Crippen molar-refractivity contribution in [2.45, 2.75) is 32.4 Å². The van der Waals surface area contributed by atoms with Gasteiger partial charge in [0.05, 0.1) is 11.9 Å². The van der Waals surface area contributed by atoms with Gasteiger partial charge in [-0.2, -0.15) is 0 Å². The van der Waals surface area contributed by atoms with Crippen LogP contribution in [0.3, 0.4) is 0 Å². The van der Waals surface area contributed by atoms with Gasteiger partial charge < -0.3 is 10.2 Å². The van der Waals surface area contributed by atoms with Gasteiger partial charge in [0.15, 0.2) is 0 Å². The van der Waals surface area contributed by atoms with Crippen molar-refractivity contribution < 1.29 is 22.4 Å². The van der Waals surface area contributed by atoms with Crippen molar-refractivity contribution in [2.75, 3.05) is 24.2 Å². The molecule has 0 aromatic heterocycles. The third-order valence-electron chi connectivity index (χ3n) is 4.93. The maximum atomic E-state index is 13.2. The Morgan fingerprint density at radius 2 is 1.81 bits per heavy atom. The van der Waals surface area contributed by atoms with Gasteiger partial charge in [-0.1, -0.05) is 29.8 Å². The summed E-state index contributed by atoms with van der Waals surface area (Å²) in [6.07, 6.45) is 1.35. The van der Waals surface area contributed by atoms with Gasteiger partial charge in [0, 0.05) is 31.6 Å². The van der Waals surface area contributed by atoms with Crippen molar-refractivity contribution in [3.8, 4) is 0 Å². The van der Waals surface area contributed by atoms with Gasteiger partial charge in [-0.15, -0.1) is 0 Å². The number of hydrogen-bond donors (Lipinski definition) is 1. The fraction of sp³-hybridized carbons (Fsp3) is 0.364. The Morgan fingerprint density at radius 3 is 2.38 bits per heavy atom. The van der Waals surface area contributed by atoms with Gasteiger partial charge in [-0.3, -0.25) is 13.9 Å². The fourth-order valence-electron chi connectivity index (χ4n) is 3.21. The third kappa shape index (κ3) is 7.20. The van der Waals surface area contributed by atoms with Crippen LogP contribution >= 0.6 is 11.6 Å². The van der Waals surface area contributed by atoms with Gasteiger partial charge in [-0.05, 0) is 49.2 Å². The summed E-state index contributed by atoms with van der Waals surface area (Å²) in [6.45, 7) is 1.80. The molecule has 32 heavy (non-hydrogen) atoms. The Hall–Kier alpha value is -2.65. The number of hydrogen-bond acceptors (Lipinski definition) is 4. The summed E-state index contributed by atoms with van der Waals surface area (Å²) in [4.78, 5) is 26.5. The van der Waals surface area contributed by atoms with E-state index in [-0.39, 0.29) is 37.7 Å². The number of carbonyl (C=O) groups excluding carboxylic acids is 2. The lowest BCUT2D eigenvalue weighted by Crippen LogP contribution is -2.46. The number of nitrogens with zero attached hydrogens (tertiary/aromatic N) is 2. The number of sulfonamides is 1. The Bertz CT molecular complexity index is 1050. The molecular weight excluding hydrogens is 457 g/mol. The molecule has 1 atom stereocenters. The molecule has 174 valence electrons. The molecule has 2 amide bonds. The van der Waals surface area contributed by atoms with Crippen LogP contribution in [0.4, 0.5) is 10.1 Å². The normalized spacial score (nSPS) is 12.2. The van der Waals surface area contributed by atoms with Crippen molar-refractivity contribution in [2.24, 2.45) is 0 Å². The summed E-state index contributed by atoms with van der Waals surface area (Å²) in [5.41, 5.74) is 1.08. The first-order chi connectivity index (χ1) is 15.0. The highest BCUT2D eigenvalue weighted by Gasteiger charge is 2.26. The minimum atomic E-state index is -3.59. The molecule has 2 aromatic rings. The first-order valence-electron chi connectivity index (χ1n) is 10.0. The molecule has 0 fully saturated rings. The molecule has 0 saturated heterocycles. The number of benzene rings is 2. The van der Waals surface area contributed by atoms with E-state index in [1.165, 1.54) is 28.4 Å². The second-order valence-electron chi connectivity index (χ2n) is 7.36. The van der Waals surface area contributed by atoms with E-state index in [9.17, 15) is 22.4 Å². The first kappa shape index (κ1) is 25.6. The zero-order valence-electron chi connectivity index (χ0n) is 18.2. The van der Waals surface area contributed by atoms with Gasteiger partial charge in [0.2, 0.25) is 21.8 Å². The summed E-state index contributed by atoms with van der Waals surface area (Å²) in [6, 6.07) is 11.4. The lowest BCUT2D eigenvalue weighted by atomic mass is 10.1. The van der Waals surface area contributed by atoms with Crippen LogP contribution in [0.1, 0.15) is 25.3 Å². The minimum Gasteiger partial charge on any atom is -0.357 e. The van der Waals surface area contributed by atoms with E-state index < -0.39 is 21.9 Å². The van der Waals surface area contributed by atoms with E-state index in [2.05, 4.69) is 5.32 Å². The SMILES string of the molecule is CNC(=O)C(C)N(Cc1ccc(F)cc1)C(=O)CCCN(c1cccc(Cl)c1)S(C)(=O)=O. The van der Waals surface area contributed by atoms with Crippen molar-refractivity contribution >= 4 is 39.1 Å². The van der Waals surface area contributed by atoms with E-state index in [1.54, 1.807) is 43.3 Å². The number of halogens is 2. The second-order valence-corrected chi connectivity index (χ2v) is 9.70. The van der Waals surface area contributed by atoms with Crippen LogP contribution in [0.5, 0.6) is 0 Å². The summed E-state index contributed by atoms with van der Waals surface area (Å²) < 4.78 is 38.9. The predicted octanol–water partition coefficient (Wildman–Crippen LogP) is 3.19. The summed E-state index contributed by atoms with van der Waals surface area (Å²) >= 11 is 5.99. The Balaban J connectivity index is 2.13. The number of likely N-dealkylation sites (N-methyl/N-ethyl adjacent to an activating group) is 1. The topological polar surface area (TPSA) is 86.8 Å². The third-order valence-corrected chi connectivity index (χ3v) is 6.36. The minimum absolute atomic E-state index is 0.0229. The molecule has 7 nitrogen and oxygen atoms in total. The van der Waals surface area contributed by atoms with Gasteiger partial charge in [-0.25, -0.2) is 12.8 Å². The average molecular weight is 484 g/mol. The summed E-state index contributed by atoms with van der Waals surface area (Å²) in [5, 5.41) is 2.92. The van der Waals surface area contributed by atoms with Crippen LogP contribution in [-0.4, -0.2) is 51.0 Å². The van der Waals surface area contributed by atoms with Gasteiger partial charge >= 0.3 is 0 Å². The van der Waals surface area contributed by atoms with Crippen molar-refractivity contribution in [3.63, 3.8) is 0 Å². The van der Waals surface area contributed by atoms with E-state index >= 15 is 0 Å². The first-order valence-corrected chi connectivity index (χ1v) is 12.2. The molecule has 0 radical (unpaired) electrons. The largest absolute Gasteiger partial charge is 0.357 e. The monoisotopic (exact) mass is 483 g/mol. The maximum absolute atomic E-state index is 13.2. The van der Waals surface area contributed by atoms with Crippen LogP contribution in [0, 0.1) is 5.82 Å². The molecule has 1 N–H and O–H groups in total. The van der Waals surface area contributed by atoms with Crippen LogP contribution < -0.4 is 9.62 Å². The highest BCUT2D eigenvalue weighted by Crippen LogP contribution is 2.22. The summed E-state index contributed by atoms with van der Waals surface area (Å²) in [7, 11) is -2.11. The quantitative estimate of drug-likeness (QED) is 0.562. The van der Waals surface area contributed by atoms with Gasteiger partial charge in [0.25, 0.3) is 0 Å². The number of rotatable bonds is 10. The molecule has 1 unspecified atom stereocenters. The lowest BCUT2D eigenvalue weighted by Gasteiger charge is -2.29. The van der Waals surface area contributed by atoms with Crippen molar-refractivity contribution in [1.82, 2.24) is 10.2 Å². The maximum Gasteiger partial charge on any atom is 0.242 e. The van der Waals surface area contributed by atoms with E-state index in [0.717, 1.165) is 6.26 Å². The van der Waals surface area contributed by atoms with Crippen molar-refractivity contribution in [1.29, 1.82) is 0 Å². The van der Waals surface area contributed by atoms with Crippen LogP contribution in [0.15, 0.2) is 48.5 Å². The smallest absolute Gasteiger partial charge is 0.242 e. The zero-order valence-corrected chi connectivity index (χ0v) is 19.8. The molecule has 0 heterocycles. The average Bonchev–Trinajstić information content (AvgIpc) is 2.74. The Kier molecular flexibility index (Phi) is 9.03. The lowest BCUT2D eigenvalue weighted by molar-refractivity contribution is -0.140. The van der Waals surface area contributed by atoms with E-state index in [4.69, 9.17) is 11.6 Å². The van der Waals surface area contributed by atoms with Gasteiger partial charge in [0.1, 0.15) is 11.9 Å². The molecule has 0 spiro atoms. The molecule has 0 aliphatic carbocycles. The molecule has 0 saturated carbocycles. The van der Waals surface area contributed by atoms with E-state index in [1.807, 2.05) is 0 Å². The molecular formula is C22H27ClFN3O4S. The molecule has 2 aromatic carbocycles. The highest BCUT2D eigenvalue weighted by atomic mass is 35.5. The Labute approximate surface area is 193 Å². The molecule has 10 heteroatoms. The number of nitrogens with one attached hydrogen (secondary N) is 1. The number of carbonyl (C=O) groups is 2. The highest BCUT2D eigenvalue weighted by molar-refractivity contribution is 7.92. The molecule has 0 aliphatic heterocycles. The fourth-order valence-corrected chi connectivity index (χ4v) is 4.35. The Morgan fingerprint density at radius 1 is 1.16 bits per heavy atom. The predicted molar refractivity (Wildman–Crippen MR) is 123 cm³/mol. The molecule has 0 aliphatic rings. The number of anilines is 1. The zero-order chi connectivity index (χ0) is 23.9. The van der Waals surface area contributed by atoms with E-state index in [0.29, 0.717) is 16.3 Å². The summed E-state index contributed by atoms with van der Waals surface area (Å²) in [5.74, 6) is -1.05.